The maximum atomic E-state index is 12.5. The lowest BCUT2D eigenvalue weighted by Gasteiger charge is -2.09. The molecule has 5 nitrogen and oxygen atoms in total. The van der Waals surface area contributed by atoms with E-state index in [1.165, 1.54) is 57.8 Å². The summed E-state index contributed by atoms with van der Waals surface area (Å²) in [6.07, 6.45) is 13.0. The van der Waals surface area contributed by atoms with E-state index in [0.717, 1.165) is 47.7 Å². The van der Waals surface area contributed by atoms with Gasteiger partial charge in [-0.1, -0.05) is 82.9 Å². The van der Waals surface area contributed by atoms with Crippen molar-refractivity contribution in [3.05, 3.63) is 59.2 Å². The number of hydrogen-bond donors (Lipinski definition) is 2. The topological polar surface area (TPSA) is 59.6 Å². The second kappa shape index (κ2) is 14.6. The first-order valence-corrected chi connectivity index (χ1v) is 12.7. The predicted octanol–water partition coefficient (Wildman–Crippen LogP) is 6.36. The third kappa shape index (κ3) is 9.09. The summed E-state index contributed by atoms with van der Waals surface area (Å²) >= 11 is 0. The van der Waals surface area contributed by atoms with E-state index in [0.29, 0.717) is 13.3 Å². The smallest absolute Gasteiger partial charge is 0.251 e. The molecule has 2 N–H and O–H groups in total. The van der Waals surface area contributed by atoms with Crippen LogP contribution in [0, 0.1) is 0 Å². The van der Waals surface area contributed by atoms with Gasteiger partial charge in [-0.3, -0.25) is 4.79 Å². The Kier molecular flexibility index (Phi) is 11.1. The van der Waals surface area contributed by atoms with Crippen molar-refractivity contribution >= 4 is 5.91 Å². The molecule has 1 heterocycles. The number of fused-ring (bicyclic) bond motifs is 1. The van der Waals surface area contributed by atoms with Crippen LogP contribution in [-0.4, -0.2) is 19.2 Å². The fourth-order valence-corrected chi connectivity index (χ4v) is 4.14. The number of rotatable bonds is 16. The maximum Gasteiger partial charge on any atom is 0.251 e. The van der Waals surface area contributed by atoms with E-state index >= 15 is 0 Å². The number of carbonyl (C=O) groups excluding carboxylic acids is 1. The quantitative estimate of drug-likeness (QED) is 0.291. The molecule has 0 bridgehead atoms. The van der Waals surface area contributed by atoms with E-state index in [1.54, 1.807) is 0 Å². The second-order valence-corrected chi connectivity index (χ2v) is 8.93. The van der Waals surface area contributed by atoms with Crippen LogP contribution in [0.15, 0.2) is 42.5 Å². The first kappa shape index (κ1) is 25.1. The SMILES string of the molecule is CCCCCCCCCCCCNC(=O)c1cccc(CNCc2ccc3c(c2)OCO3)c1. The third-order valence-electron chi connectivity index (χ3n) is 6.10. The second-order valence-electron chi connectivity index (χ2n) is 8.93. The van der Waals surface area contributed by atoms with Crippen molar-refractivity contribution in [1.82, 2.24) is 10.6 Å². The molecule has 3 rings (SSSR count). The first-order chi connectivity index (χ1) is 16.3. The minimum absolute atomic E-state index is 0.0172. The molecular weight excluding hydrogens is 412 g/mol. The summed E-state index contributed by atoms with van der Waals surface area (Å²) in [6.45, 7) is 4.74. The zero-order valence-electron chi connectivity index (χ0n) is 20.2. The Morgan fingerprint density at radius 3 is 2.21 bits per heavy atom. The van der Waals surface area contributed by atoms with Crippen molar-refractivity contribution in [3.8, 4) is 11.5 Å². The van der Waals surface area contributed by atoms with Gasteiger partial charge in [-0.05, 0) is 41.8 Å². The van der Waals surface area contributed by atoms with Gasteiger partial charge in [-0.15, -0.1) is 0 Å². The predicted molar refractivity (Wildman–Crippen MR) is 134 cm³/mol. The van der Waals surface area contributed by atoms with Gasteiger partial charge < -0.3 is 20.1 Å². The van der Waals surface area contributed by atoms with Crippen molar-refractivity contribution in [1.29, 1.82) is 0 Å². The summed E-state index contributed by atoms with van der Waals surface area (Å²) in [5.74, 6) is 1.62. The standard InChI is InChI=1S/C28H40N2O3/c1-2-3-4-5-6-7-8-9-10-11-17-30-28(31)25-14-12-13-23(18-25)20-29-21-24-15-16-26-27(19-24)33-22-32-26/h12-16,18-19,29H,2-11,17,20-22H2,1H3,(H,30,31). The van der Waals surface area contributed by atoms with Crippen LogP contribution in [-0.2, 0) is 13.1 Å². The lowest BCUT2D eigenvalue weighted by Crippen LogP contribution is -2.24. The lowest BCUT2D eigenvalue weighted by atomic mass is 10.1. The molecule has 0 atom stereocenters. The number of hydrogen-bond acceptors (Lipinski definition) is 4. The first-order valence-electron chi connectivity index (χ1n) is 12.7. The molecule has 0 radical (unpaired) electrons. The van der Waals surface area contributed by atoms with Gasteiger partial charge in [0.2, 0.25) is 6.79 Å². The average Bonchev–Trinajstić information content (AvgIpc) is 3.30. The van der Waals surface area contributed by atoms with E-state index in [1.807, 2.05) is 42.5 Å². The zero-order valence-corrected chi connectivity index (χ0v) is 20.2. The van der Waals surface area contributed by atoms with Crippen LogP contribution >= 0.6 is 0 Å². The largest absolute Gasteiger partial charge is 0.454 e. The highest BCUT2D eigenvalue weighted by molar-refractivity contribution is 5.94. The molecule has 180 valence electrons. The molecule has 1 aliphatic rings. The number of unbranched alkanes of at least 4 members (excludes halogenated alkanes) is 9. The summed E-state index contributed by atoms with van der Waals surface area (Å²) < 4.78 is 10.8. The van der Waals surface area contributed by atoms with Gasteiger partial charge >= 0.3 is 0 Å². The van der Waals surface area contributed by atoms with E-state index in [9.17, 15) is 4.79 Å². The molecule has 0 unspecified atom stereocenters. The summed E-state index contributed by atoms with van der Waals surface area (Å²) in [7, 11) is 0. The lowest BCUT2D eigenvalue weighted by molar-refractivity contribution is 0.0952. The maximum absolute atomic E-state index is 12.5. The van der Waals surface area contributed by atoms with Crippen LogP contribution < -0.4 is 20.1 Å². The van der Waals surface area contributed by atoms with Crippen molar-refractivity contribution in [3.63, 3.8) is 0 Å². The number of ether oxygens (including phenoxy) is 2. The van der Waals surface area contributed by atoms with Gasteiger partial charge in [0.05, 0.1) is 0 Å². The summed E-state index contributed by atoms with van der Waals surface area (Å²) in [4.78, 5) is 12.5. The Morgan fingerprint density at radius 2 is 1.45 bits per heavy atom. The van der Waals surface area contributed by atoms with Gasteiger partial charge in [0.25, 0.3) is 5.91 Å². The van der Waals surface area contributed by atoms with E-state index in [2.05, 4.69) is 17.6 Å². The Balaban J connectivity index is 1.27. The van der Waals surface area contributed by atoms with Crippen LogP contribution in [0.4, 0.5) is 0 Å². The fraction of sp³-hybridized carbons (Fsp3) is 0.536. The van der Waals surface area contributed by atoms with Gasteiger partial charge in [-0.25, -0.2) is 0 Å². The van der Waals surface area contributed by atoms with Crippen LogP contribution in [0.25, 0.3) is 0 Å². The zero-order chi connectivity index (χ0) is 23.1. The van der Waals surface area contributed by atoms with E-state index < -0.39 is 0 Å². The van der Waals surface area contributed by atoms with Gasteiger partial charge in [0.1, 0.15) is 0 Å². The highest BCUT2D eigenvalue weighted by Crippen LogP contribution is 2.32. The summed E-state index contributed by atoms with van der Waals surface area (Å²) in [5.41, 5.74) is 2.97. The Labute approximate surface area is 199 Å². The molecule has 0 saturated carbocycles. The molecule has 0 saturated heterocycles. The number of carbonyl (C=O) groups is 1. The molecule has 0 aliphatic carbocycles. The number of benzene rings is 2. The summed E-state index contributed by atoms with van der Waals surface area (Å²) in [5, 5.41) is 6.51. The van der Waals surface area contributed by atoms with Crippen molar-refractivity contribution in [2.24, 2.45) is 0 Å². The minimum Gasteiger partial charge on any atom is -0.454 e. The van der Waals surface area contributed by atoms with Crippen LogP contribution in [0.1, 0.15) is 92.6 Å². The molecule has 0 spiro atoms. The Hall–Kier alpha value is -2.53. The highest BCUT2D eigenvalue weighted by Gasteiger charge is 2.13. The van der Waals surface area contributed by atoms with Crippen LogP contribution in [0.5, 0.6) is 11.5 Å². The average molecular weight is 453 g/mol. The van der Waals surface area contributed by atoms with Gasteiger partial charge in [0.15, 0.2) is 11.5 Å². The van der Waals surface area contributed by atoms with E-state index in [4.69, 9.17) is 9.47 Å². The van der Waals surface area contributed by atoms with Gasteiger partial charge in [-0.2, -0.15) is 0 Å². The van der Waals surface area contributed by atoms with E-state index in [-0.39, 0.29) is 5.91 Å². The minimum atomic E-state index is 0.0172. The highest BCUT2D eigenvalue weighted by atomic mass is 16.7. The van der Waals surface area contributed by atoms with Crippen molar-refractivity contribution in [2.45, 2.75) is 84.2 Å². The summed E-state index contributed by atoms with van der Waals surface area (Å²) in [6, 6.07) is 13.8. The third-order valence-corrected chi connectivity index (χ3v) is 6.10. The van der Waals surface area contributed by atoms with Gasteiger partial charge in [0, 0.05) is 25.2 Å². The molecule has 0 fully saturated rings. The number of amides is 1. The van der Waals surface area contributed by atoms with Crippen LogP contribution in [0.3, 0.4) is 0 Å². The molecule has 0 aromatic heterocycles. The molecule has 5 heteroatoms. The molecule has 33 heavy (non-hydrogen) atoms. The van der Waals surface area contributed by atoms with Crippen molar-refractivity contribution < 1.29 is 14.3 Å². The van der Waals surface area contributed by atoms with Crippen molar-refractivity contribution in [2.75, 3.05) is 13.3 Å². The molecule has 1 aliphatic heterocycles. The normalized spacial score (nSPS) is 12.2. The molecule has 2 aromatic carbocycles. The molecular formula is C28H40N2O3. The fourth-order valence-electron chi connectivity index (χ4n) is 4.14. The Bertz CT molecular complexity index is 853. The molecule has 1 amide bonds. The van der Waals surface area contributed by atoms with Crippen LogP contribution in [0.2, 0.25) is 0 Å². The number of nitrogens with one attached hydrogen (secondary N) is 2. The molecule has 2 aromatic rings. The Morgan fingerprint density at radius 1 is 0.788 bits per heavy atom. The monoisotopic (exact) mass is 452 g/mol.